The predicted molar refractivity (Wildman–Crippen MR) is 93.5 cm³/mol. The largest absolute Gasteiger partial charge is 0.497 e. The van der Waals surface area contributed by atoms with E-state index in [-0.39, 0.29) is 0 Å². The third-order valence-corrected chi connectivity index (χ3v) is 3.92. The van der Waals surface area contributed by atoms with Gasteiger partial charge >= 0.3 is 0 Å². The van der Waals surface area contributed by atoms with Gasteiger partial charge in [-0.2, -0.15) is 0 Å². The van der Waals surface area contributed by atoms with Crippen molar-refractivity contribution in [3.63, 3.8) is 0 Å². The number of ether oxygens (including phenoxy) is 2. The van der Waals surface area contributed by atoms with Crippen molar-refractivity contribution in [1.29, 1.82) is 0 Å². The summed E-state index contributed by atoms with van der Waals surface area (Å²) in [6, 6.07) is 7.55. The first kappa shape index (κ1) is 17.1. The summed E-state index contributed by atoms with van der Waals surface area (Å²) in [5, 5.41) is 7.47. The predicted octanol–water partition coefficient (Wildman–Crippen LogP) is 2.20. The summed E-state index contributed by atoms with van der Waals surface area (Å²) in [5.74, 6) is 2.30. The summed E-state index contributed by atoms with van der Waals surface area (Å²) in [5.41, 5.74) is 0. The lowest BCUT2D eigenvalue weighted by atomic mass is 10.3. The zero-order valence-electron chi connectivity index (χ0n) is 13.6. The zero-order chi connectivity index (χ0) is 16.5. The Kier molecular flexibility index (Phi) is 6.68. The summed E-state index contributed by atoms with van der Waals surface area (Å²) < 4.78 is 10.8. The van der Waals surface area contributed by atoms with E-state index in [4.69, 9.17) is 9.47 Å². The Hall–Kier alpha value is -2.28. The van der Waals surface area contributed by atoms with Gasteiger partial charge in [-0.15, -0.1) is 11.3 Å². The Morgan fingerprint density at radius 2 is 2.13 bits per heavy atom. The van der Waals surface area contributed by atoms with Crippen LogP contribution in [-0.4, -0.2) is 38.3 Å². The lowest BCUT2D eigenvalue weighted by molar-refractivity contribution is 0.319. The van der Waals surface area contributed by atoms with Crippen LogP contribution in [-0.2, 0) is 6.54 Å². The zero-order valence-corrected chi connectivity index (χ0v) is 14.4. The van der Waals surface area contributed by atoms with Gasteiger partial charge in [0.25, 0.3) is 0 Å². The van der Waals surface area contributed by atoms with Crippen molar-refractivity contribution in [1.82, 2.24) is 15.6 Å². The maximum atomic E-state index is 5.67. The van der Waals surface area contributed by atoms with Crippen LogP contribution in [0.2, 0.25) is 0 Å². The van der Waals surface area contributed by atoms with Gasteiger partial charge in [0.2, 0.25) is 0 Å². The molecule has 0 aliphatic rings. The molecule has 0 saturated carbocycles. The number of benzene rings is 1. The first-order chi connectivity index (χ1) is 11.2. The Balaban J connectivity index is 1.69. The van der Waals surface area contributed by atoms with E-state index in [9.17, 15) is 0 Å². The van der Waals surface area contributed by atoms with Gasteiger partial charge in [0.1, 0.15) is 23.1 Å². The molecule has 0 bridgehead atoms. The Labute approximate surface area is 140 Å². The molecule has 7 heteroatoms. The fourth-order valence-corrected chi connectivity index (χ4v) is 2.62. The highest BCUT2D eigenvalue weighted by Gasteiger charge is 2.02. The second kappa shape index (κ2) is 8.99. The van der Waals surface area contributed by atoms with Crippen molar-refractivity contribution in [3.05, 3.63) is 40.3 Å². The molecule has 0 radical (unpaired) electrons. The molecule has 2 N–H and O–H groups in total. The number of methoxy groups -OCH3 is 1. The molecule has 2 aromatic rings. The molecule has 1 heterocycles. The van der Waals surface area contributed by atoms with Crippen LogP contribution in [0.15, 0.2) is 35.5 Å². The van der Waals surface area contributed by atoms with E-state index in [2.05, 4.69) is 20.6 Å². The average Bonchev–Trinajstić information content (AvgIpc) is 3.00. The summed E-state index contributed by atoms with van der Waals surface area (Å²) in [7, 11) is 3.38. The molecule has 0 aliphatic heterocycles. The first-order valence-corrected chi connectivity index (χ1v) is 8.15. The van der Waals surface area contributed by atoms with Crippen LogP contribution in [0.5, 0.6) is 11.5 Å². The molecule has 23 heavy (non-hydrogen) atoms. The lowest BCUT2D eigenvalue weighted by Crippen LogP contribution is -2.38. The first-order valence-electron chi connectivity index (χ1n) is 7.34. The smallest absolute Gasteiger partial charge is 0.191 e. The fourth-order valence-electron chi connectivity index (χ4n) is 1.89. The fraction of sp³-hybridized carbons (Fsp3) is 0.375. The highest BCUT2D eigenvalue weighted by molar-refractivity contribution is 7.11. The van der Waals surface area contributed by atoms with Crippen LogP contribution in [0.1, 0.15) is 9.88 Å². The minimum atomic E-state index is 0.532. The van der Waals surface area contributed by atoms with Crippen molar-refractivity contribution in [2.24, 2.45) is 4.99 Å². The highest BCUT2D eigenvalue weighted by Crippen LogP contribution is 2.18. The number of hydrogen-bond acceptors (Lipinski definition) is 5. The van der Waals surface area contributed by atoms with Gasteiger partial charge < -0.3 is 20.1 Å². The molecule has 1 aromatic carbocycles. The third-order valence-electron chi connectivity index (χ3n) is 3.00. The summed E-state index contributed by atoms with van der Waals surface area (Å²) in [6.07, 6.45) is 1.87. The molecule has 0 saturated heterocycles. The second-order valence-corrected chi connectivity index (χ2v) is 6.06. The number of aromatic nitrogens is 1. The van der Waals surface area contributed by atoms with Gasteiger partial charge in [0.15, 0.2) is 5.96 Å². The monoisotopic (exact) mass is 334 g/mol. The van der Waals surface area contributed by atoms with Crippen molar-refractivity contribution < 1.29 is 9.47 Å². The van der Waals surface area contributed by atoms with E-state index in [0.717, 1.165) is 22.5 Å². The normalized spacial score (nSPS) is 11.2. The molecule has 0 spiro atoms. The van der Waals surface area contributed by atoms with E-state index in [1.54, 1.807) is 25.5 Å². The maximum Gasteiger partial charge on any atom is 0.191 e. The number of nitrogens with one attached hydrogen (secondary N) is 2. The molecule has 0 aliphatic carbocycles. The lowest BCUT2D eigenvalue weighted by Gasteiger charge is -2.12. The van der Waals surface area contributed by atoms with Gasteiger partial charge in [0, 0.05) is 24.2 Å². The van der Waals surface area contributed by atoms with E-state index in [0.29, 0.717) is 19.7 Å². The van der Waals surface area contributed by atoms with Gasteiger partial charge in [-0.1, -0.05) is 6.07 Å². The van der Waals surface area contributed by atoms with Crippen LogP contribution in [0, 0.1) is 6.92 Å². The number of rotatable bonds is 7. The highest BCUT2D eigenvalue weighted by atomic mass is 32.1. The number of aliphatic imine (C=N–C) groups is 1. The Morgan fingerprint density at radius 3 is 2.83 bits per heavy atom. The number of hydrogen-bond donors (Lipinski definition) is 2. The summed E-state index contributed by atoms with van der Waals surface area (Å²) in [4.78, 5) is 9.69. The number of guanidine groups is 1. The minimum absolute atomic E-state index is 0.532. The van der Waals surface area contributed by atoms with E-state index in [1.807, 2.05) is 37.4 Å². The molecule has 1 aromatic heterocycles. The van der Waals surface area contributed by atoms with Gasteiger partial charge in [-0.05, 0) is 19.1 Å². The van der Waals surface area contributed by atoms with E-state index in [1.165, 1.54) is 4.88 Å². The van der Waals surface area contributed by atoms with Gasteiger partial charge in [-0.25, -0.2) is 4.98 Å². The second-order valence-electron chi connectivity index (χ2n) is 4.74. The van der Waals surface area contributed by atoms with Crippen molar-refractivity contribution in [2.75, 3.05) is 27.3 Å². The SMILES string of the molecule is CN=C(NCCOc1cccc(OC)c1)NCc1ncc(C)s1. The average molecular weight is 334 g/mol. The quantitative estimate of drug-likeness (QED) is 0.462. The van der Waals surface area contributed by atoms with Crippen molar-refractivity contribution >= 4 is 17.3 Å². The van der Waals surface area contributed by atoms with Gasteiger partial charge in [-0.3, -0.25) is 4.99 Å². The van der Waals surface area contributed by atoms with E-state index < -0.39 is 0 Å². The standard InChI is InChI=1S/C16H22N4O2S/c1-12-10-19-15(23-12)11-20-16(17-2)18-7-8-22-14-6-4-5-13(9-14)21-3/h4-6,9-10H,7-8,11H2,1-3H3,(H2,17,18,20). The Bertz CT molecular complexity index is 643. The van der Waals surface area contributed by atoms with Gasteiger partial charge in [0.05, 0.1) is 20.2 Å². The molecular formula is C16H22N4O2S. The minimum Gasteiger partial charge on any atom is -0.497 e. The third kappa shape index (κ3) is 5.78. The topological polar surface area (TPSA) is 67.8 Å². The molecule has 0 unspecified atom stereocenters. The maximum absolute atomic E-state index is 5.67. The van der Waals surface area contributed by atoms with Crippen LogP contribution in [0.4, 0.5) is 0 Å². The van der Waals surface area contributed by atoms with E-state index >= 15 is 0 Å². The molecule has 124 valence electrons. The molecular weight excluding hydrogens is 312 g/mol. The molecule has 0 amide bonds. The summed E-state index contributed by atoms with van der Waals surface area (Å²) in [6.45, 7) is 3.89. The number of nitrogens with zero attached hydrogens (tertiary/aromatic N) is 2. The van der Waals surface area contributed by atoms with Crippen LogP contribution >= 0.6 is 11.3 Å². The summed E-state index contributed by atoms with van der Waals surface area (Å²) >= 11 is 1.68. The molecule has 0 fully saturated rings. The van der Waals surface area contributed by atoms with Crippen LogP contribution < -0.4 is 20.1 Å². The molecule has 0 atom stereocenters. The van der Waals surface area contributed by atoms with Crippen molar-refractivity contribution in [2.45, 2.75) is 13.5 Å². The number of thiazole rings is 1. The van der Waals surface area contributed by atoms with Crippen molar-refractivity contribution in [3.8, 4) is 11.5 Å². The molecule has 6 nitrogen and oxygen atoms in total. The van der Waals surface area contributed by atoms with Crippen LogP contribution in [0.3, 0.4) is 0 Å². The number of aryl methyl sites for hydroxylation is 1. The molecule has 2 rings (SSSR count). The van der Waals surface area contributed by atoms with Crippen LogP contribution in [0.25, 0.3) is 0 Å². The Morgan fingerprint density at radius 1 is 1.30 bits per heavy atom.